The van der Waals surface area contributed by atoms with E-state index < -0.39 is 5.97 Å². The number of carbonyl (C=O) groups is 2. The van der Waals surface area contributed by atoms with Gasteiger partial charge in [0.25, 0.3) is 5.91 Å². The lowest BCUT2D eigenvalue weighted by Crippen LogP contribution is -2.24. The number of hydrogen-bond acceptors (Lipinski definition) is 3. The molecule has 4 rings (SSSR count). The van der Waals surface area contributed by atoms with Gasteiger partial charge >= 0.3 is 5.97 Å². The van der Waals surface area contributed by atoms with Crippen molar-refractivity contribution in [3.05, 3.63) is 97.9 Å². The number of nitrogens with zero attached hydrogens (tertiary/aromatic N) is 2. The van der Waals surface area contributed by atoms with Crippen molar-refractivity contribution in [1.82, 2.24) is 4.57 Å². The molecule has 0 radical (unpaired) electrons. The lowest BCUT2D eigenvalue weighted by Gasteiger charge is -2.18. The van der Waals surface area contributed by atoms with Gasteiger partial charge in [0.15, 0.2) is 0 Å². The number of ether oxygens (including phenoxy) is 1. The molecule has 0 fully saturated rings. The molecule has 3 aromatic rings. The van der Waals surface area contributed by atoms with Crippen LogP contribution in [0.3, 0.4) is 0 Å². The minimum atomic E-state index is -0.572. The van der Waals surface area contributed by atoms with E-state index in [0.29, 0.717) is 21.4 Å². The molecule has 34 heavy (non-hydrogen) atoms. The van der Waals surface area contributed by atoms with Gasteiger partial charge in [-0.1, -0.05) is 41.4 Å². The van der Waals surface area contributed by atoms with Crippen LogP contribution in [-0.2, 0) is 14.3 Å². The van der Waals surface area contributed by atoms with Crippen LogP contribution in [0.5, 0.6) is 0 Å². The Bertz CT molecular complexity index is 1400. The molecule has 0 saturated carbocycles. The van der Waals surface area contributed by atoms with E-state index in [1.54, 1.807) is 19.1 Å². The van der Waals surface area contributed by atoms with Gasteiger partial charge in [-0.2, -0.15) is 0 Å². The summed E-state index contributed by atoms with van der Waals surface area (Å²) in [6, 6.07) is 14.9. The molecule has 1 aliphatic heterocycles. The number of carbonyl (C=O) groups excluding carboxylic acids is 2. The van der Waals surface area contributed by atoms with Gasteiger partial charge < -0.3 is 9.30 Å². The highest BCUT2D eigenvalue weighted by Crippen LogP contribution is 2.37. The Balaban J connectivity index is 1.87. The zero-order valence-electron chi connectivity index (χ0n) is 19.6. The number of allylic oxidation sites excluding steroid dienone is 1. The van der Waals surface area contributed by atoms with Crippen LogP contribution in [0.25, 0.3) is 11.8 Å². The lowest BCUT2D eigenvalue weighted by atomic mass is 10.0. The van der Waals surface area contributed by atoms with E-state index in [0.717, 1.165) is 28.2 Å². The second-order valence-electron chi connectivity index (χ2n) is 8.20. The van der Waals surface area contributed by atoms with Crippen LogP contribution in [0, 0.1) is 20.8 Å². The van der Waals surface area contributed by atoms with Crippen molar-refractivity contribution in [3.63, 3.8) is 0 Å². The fourth-order valence-corrected chi connectivity index (χ4v) is 4.70. The number of esters is 1. The third-order valence-electron chi connectivity index (χ3n) is 6.07. The predicted octanol–water partition coefficient (Wildman–Crippen LogP) is 6.59. The quantitative estimate of drug-likeness (QED) is 0.303. The maximum absolute atomic E-state index is 13.6. The summed E-state index contributed by atoms with van der Waals surface area (Å²) < 4.78 is 7.05. The fourth-order valence-electron chi connectivity index (χ4n) is 4.30. The molecule has 2 aromatic carbocycles. The van der Waals surface area contributed by atoms with E-state index in [1.165, 1.54) is 12.0 Å². The van der Waals surface area contributed by atoms with Gasteiger partial charge in [-0.3, -0.25) is 9.69 Å². The number of methoxy groups -OCH3 is 1. The molecule has 2 heterocycles. The number of amides is 1. The van der Waals surface area contributed by atoms with Crippen molar-refractivity contribution >= 4 is 46.8 Å². The van der Waals surface area contributed by atoms with E-state index in [2.05, 4.69) is 0 Å². The van der Waals surface area contributed by atoms with E-state index in [9.17, 15) is 9.59 Å². The molecular weight excluding hydrogens is 471 g/mol. The highest BCUT2D eigenvalue weighted by Gasteiger charge is 2.38. The third-order valence-corrected chi connectivity index (χ3v) is 6.79. The highest BCUT2D eigenvalue weighted by atomic mass is 35.5. The summed E-state index contributed by atoms with van der Waals surface area (Å²) in [6.07, 6.45) is 1.74. The van der Waals surface area contributed by atoms with Crippen molar-refractivity contribution < 1.29 is 14.3 Å². The molecule has 0 aliphatic carbocycles. The highest BCUT2D eigenvalue weighted by molar-refractivity contribution is 6.32. The predicted molar refractivity (Wildman–Crippen MR) is 137 cm³/mol. The Labute approximate surface area is 208 Å². The van der Waals surface area contributed by atoms with Crippen LogP contribution in [0.15, 0.2) is 65.4 Å². The van der Waals surface area contributed by atoms with E-state index in [1.807, 2.05) is 67.8 Å². The van der Waals surface area contributed by atoms with Crippen LogP contribution in [0.2, 0.25) is 10.0 Å². The molecule has 0 bridgehead atoms. The Kier molecular flexibility index (Phi) is 6.43. The molecule has 1 amide bonds. The zero-order chi connectivity index (χ0) is 24.7. The summed E-state index contributed by atoms with van der Waals surface area (Å²) in [6.45, 7) is 7.54. The van der Waals surface area contributed by atoms with Gasteiger partial charge in [0.05, 0.1) is 34.7 Å². The number of rotatable bonds is 4. The first-order chi connectivity index (χ1) is 16.1. The number of hydrogen-bond donors (Lipinski definition) is 0. The average molecular weight is 495 g/mol. The maximum atomic E-state index is 13.6. The lowest BCUT2D eigenvalue weighted by molar-refractivity contribution is -0.136. The minimum absolute atomic E-state index is 0.228. The van der Waals surface area contributed by atoms with Crippen LogP contribution >= 0.6 is 23.2 Å². The average Bonchev–Trinajstić information content (AvgIpc) is 3.22. The molecule has 174 valence electrons. The molecule has 0 N–H and O–H groups in total. The molecule has 1 aliphatic rings. The third kappa shape index (κ3) is 3.95. The van der Waals surface area contributed by atoms with Crippen molar-refractivity contribution in [1.29, 1.82) is 0 Å². The van der Waals surface area contributed by atoms with Crippen LogP contribution in [-0.4, -0.2) is 23.6 Å². The Morgan fingerprint density at radius 1 is 0.971 bits per heavy atom. The normalized spacial score (nSPS) is 15.0. The van der Waals surface area contributed by atoms with Gasteiger partial charge in [-0.15, -0.1) is 0 Å². The Morgan fingerprint density at radius 3 is 2.32 bits per heavy atom. The molecule has 1 aromatic heterocycles. The topological polar surface area (TPSA) is 51.5 Å². The van der Waals surface area contributed by atoms with Crippen molar-refractivity contribution in [2.24, 2.45) is 0 Å². The van der Waals surface area contributed by atoms with E-state index in [-0.39, 0.29) is 17.1 Å². The summed E-state index contributed by atoms with van der Waals surface area (Å²) in [5, 5.41) is 1.16. The van der Waals surface area contributed by atoms with Crippen molar-refractivity contribution in [2.45, 2.75) is 27.7 Å². The molecule has 0 saturated heterocycles. The first-order valence-corrected chi connectivity index (χ1v) is 11.5. The molecule has 5 nitrogen and oxygen atoms in total. The summed E-state index contributed by atoms with van der Waals surface area (Å²) in [4.78, 5) is 27.9. The zero-order valence-corrected chi connectivity index (χ0v) is 21.1. The largest absolute Gasteiger partial charge is 0.465 e. The summed E-state index contributed by atoms with van der Waals surface area (Å²) in [5.41, 5.74) is 5.96. The van der Waals surface area contributed by atoms with Crippen LogP contribution in [0.1, 0.15) is 29.4 Å². The molecular formula is C27H24Cl2N2O3. The second kappa shape index (κ2) is 9.16. The first-order valence-electron chi connectivity index (χ1n) is 10.7. The van der Waals surface area contributed by atoms with E-state index >= 15 is 0 Å². The number of anilines is 1. The number of aryl methyl sites for hydroxylation is 2. The smallest absolute Gasteiger partial charge is 0.340 e. The monoisotopic (exact) mass is 494 g/mol. The van der Waals surface area contributed by atoms with Gasteiger partial charge in [0.1, 0.15) is 0 Å². The Morgan fingerprint density at radius 2 is 1.68 bits per heavy atom. The summed E-state index contributed by atoms with van der Waals surface area (Å²) >= 11 is 12.8. The number of para-hydroxylation sites is 1. The van der Waals surface area contributed by atoms with Gasteiger partial charge in [0, 0.05) is 22.1 Å². The molecule has 0 atom stereocenters. The molecule has 7 heteroatoms. The SMILES string of the molecule is COC(=O)C1=C(C)N(c2ccc(C)c(Cl)c2)C(=O)/C1=C\c1cc(C)n(-c2ccccc2Cl)c1C. The molecule has 0 spiro atoms. The second-order valence-corrected chi connectivity index (χ2v) is 9.01. The van der Waals surface area contributed by atoms with Crippen molar-refractivity contribution in [2.75, 3.05) is 12.0 Å². The first kappa shape index (κ1) is 23.9. The van der Waals surface area contributed by atoms with Crippen molar-refractivity contribution in [3.8, 4) is 5.69 Å². The van der Waals surface area contributed by atoms with Gasteiger partial charge in [-0.05, 0) is 75.2 Å². The van der Waals surface area contributed by atoms with Crippen LogP contribution < -0.4 is 4.90 Å². The summed E-state index contributed by atoms with van der Waals surface area (Å²) in [5.74, 6) is -0.891. The fraction of sp³-hybridized carbons (Fsp3) is 0.185. The minimum Gasteiger partial charge on any atom is -0.465 e. The van der Waals surface area contributed by atoms with Gasteiger partial charge in [0.2, 0.25) is 0 Å². The van der Waals surface area contributed by atoms with Crippen LogP contribution in [0.4, 0.5) is 5.69 Å². The van der Waals surface area contributed by atoms with Gasteiger partial charge in [-0.25, -0.2) is 4.79 Å². The number of benzene rings is 2. The number of aromatic nitrogens is 1. The standard InChI is InChI=1S/C27H24Cl2N2O3/c1-15-10-11-20(14-23(15)29)31-18(4)25(27(33)34-5)21(26(31)32)13-19-12-16(2)30(17(19)3)24-9-7-6-8-22(24)28/h6-14H,1-5H3/b21-13-. The number of halogens is 2. The summed E-state index contributed by atoms with van der Waals surface area (Å²) in [7, 11) is 1.30. The molecule has 0 unspecified atom stereocenters. The van der Waals surface area contributed by atoms with E-state index in [4.69, 9.17) is 27.9 Å². The Hall–Kier alpha value is -3.28. The maximum Gasteiger partial charge on any atom is 0.340 e.